The molecule has 0 unspecified atom stereocenters. The minimum absolute atomic E-state index is 0.0935. The van der Waals surface area contributed by atoms with Gasteiger partial charge in [0.25, 0.3) is 0 Å². The zero-order chi connectivity index (χ0) is 42.7. The average Bonchev–Trinajstić information content (AvgIpc) is 3.70. The third kappa shape index (κ3) is 16.4. The summed E-state index contributed by atoms with van der Waals surface area (Å²) in [5, 5.41) is 12.2. The van der Waals surface area contributed by atoms with Crippen LogP contribution in [0.3, 0.4) is 0 Å². The van der Waals surface area contributed by atoms with Gasteiger partial charge in [-0.1, -0.05) is 111 Å². The molecule has 1 aliphatic rings. The molecule has 1 aliphatic heterocycles. The number of Topliss-reactive ketones (excluding diaryl/α,β-unsaturated/α-hetero) is 1. The predicted molar refractivity (Wildman–Crippen MR) is 236 cm³/mol. The number of aromatic nitrogens is 3. The molecule has 2 amide bonds. The summed E-state index contributed by atoms with van der Waals surface area (Å²) in [6, 6.07) is 25.4. The normalized spacial score (nSPS) is 11.9. The maximum atomic E-state index is 13.9. The van der Waals surface area contributed by atoms with E-state index in [4.69, 9.17) is 23.7 Å². The van der Waals surface area contributed by atoms with Crippen LogP contribution in [0.5, 0.6) is 5.75 Å². The van der Waals surface area contributed by atoms with Crippen LogP contribution in [-0.4, -0.2) is 98.6 Å². The second kappa shape index (κ2) is 27.8. The van der Waals surface area contributed by atoms with Crippen LogP contribution < -0.4 is 15.0 Å². The lowest BCUT2D eigenvalue weighted by Gasteiger charge is -2.28. The van der Waals surface area contributed by atoms with Crippen LogP contribution in [0.1, 0.15) is 89.5 Å². The zero-order valence-corrected chi connectivity index (χ0v) is 36.0. The van der Waals surface area contributed by atoms with Crippen LogP contribution in [0.15, 0.2) is 78.9 Å². The van der Waals surface area contributed by atoms with Gasteiger partial charge in [-0.05, 0) is 36.6 Å². The monoisotopic (exact) mass is 839 g/mol. The largest absolute Gasteiger partial charge is 0.494 e. The van der Waals surface area contributed by atoms with E-state index in [1.165, 1.54) is 32.1 Å². The third-order valence-corrected chi connectivity index (χ3v) is 10.5. The molecule has 0 saturated heterocycles. The van der Waals surface area contributed by atoms with Crippen molar-refractivity contribution in [3.05, 3.63) is 84.4 Å². The minimum Gasteiger partial charge on any atom is -0.494 e. The number of ether oxygens (including phenoxy) is 5. The highest BCUT2D eigenvalue weighted by Crippen LogP contribution is 2.41. The summed E-state index contributed by atoms with van der Waals surface area (Å²) in [5.41, 5.74) is 5.03. The summed E-state index contributed by atoms with van der Waals surface area (Å²) in [4.78, 5) is 40.5. The van der Waals surface area contributed by atoms with Crippen LogP contribution in [0.25, 0.3) is 22.5 Å². The molecule has 0 fully saturated rings. The zero-order valence-electron chi connectivity index (χ0n) is 36.0. The van der Waals surface area contributed by atoms with E-state index in [0.29, 0.717) is 98.4 Å². The molecule has 3 aromatic carbocycles. The maximum Gasteiger partial charge on any atom is 0.227 e. The van der Waals surface area contributed by atoms with E-state index in [9.17, 15) is 14.4 Å². The quantitative estimate of drug-likeness (QED) is 0.0496. The number of amides is 2. The number of carbonyl (C=O) groups excluding carboxylic acids is 3. The van der Waals surface area contributed by atoms with Gasteiger partial charge in [-0.2, -0.15) is 0 Å². The van der Waals surface area contributed by atoms with Crippen LogP contribution >= 0.6 is 0 Å². The summed E-state index contributed by atoms with van der Waals surface area (Å²) in [6.07, 6.45) is 10.1. The van der Waals surface area contributed by atoms with Crippen LogP contribution in [-0.2, 0) is 46.4 Å². The molecule has 0 bridgehead atoms. The van der Waals surface area contributed by atoms with E-state index in [1.807, 2.05) is 83.5 Å². The molecule has 0 atom stereocenters. The Hall–Kier alpha value is -4.95. The molecule has 0 spiro atoms. The molecule has 0 radical (unpaired) electrons. The number of nitrogens with one attached hydrogen (secondary N) is 1. The smallest absolute Gasteiger partial charge is 0.227 e. The molecule has 1 aromatic heterocycles. The fourth-order valence-corrected chi connectivity index (χ4v) is 7.15. The molecule has 61 heavy (non-hydrogen) atoms. The number of unbranched alkanes of at least 4 members (excludes halogenated alkanes) is 6. The Kier molecular flexibility index (Phi) is 21.5. The van der Waals surface area contributed by atoms with E-state index in [2.05, 4.69) is 22.6 Å². The van der Waals surface area contributed by atoms with Gasteiger partial charge in [-0.3, -0.25) is 14.4 Å². The van der Waals surface area contributed by atoms with Gasteiger partial charge in [0.05, 0.1) is 83.9 Å². The number of hydrogen-bond donors (Lipinski definition) is 1. The Labute approximate surface area is 361 Å². The van der Waals surface area contributed by atoms with Gasteiger partial charge in [0.15, 0.2) is 0 Å². The number of fused-ring (bicyclic) bond motifs is 5. The number of ketones is 1. The summed E-state index contributed by atoms with van der Waals surface area (Å²) >= 11 is 0. The number of hydrogen-bond acceptors (Lipinski definition) is 10. The van der Waals surface area contributed by atoms with Crippen molar-refractivity contribution in [1.29, 1.82) is 0 Å². The Morgan fingerprint density at radius 3 is 2.02 bits per heavy atom. The highest BCUT2D eigenvalue weighted by atomic mass is 16.6. The first kappa shape index (κ1) is 47.1. The Balaban J connectivity index is 0.988. The molecule has 1 N–H and O–H groups in total. The highest BCUT2D eigenvalue weighted by Gasteiger charge is 2.29. The first-order valence-corrected chi connectivity index (χ1v) is 22.2. The fourth-order valence-electron chi connectivity index (χ4n) is 7.15. The second-order valence-corrected chi connectivity index (χ2v) is 15.1. The fraction of sp³-hybridized carbons (Fsp3) is 0.521. The van der Waals surface area contributed by atoms with Crippen molar-refractivity contribution in [3.8, 4) is 28.3 Å². The van der Waals surface area contributed by atoms with Crippen molar-refractivity contribution in [2.45, 2.75) is 97.1 Å². The molecule has 13 heteroatoms. The topological polar surface area (TPSA) is 143 Å². The average molecular weight is 840 g/mol. The van der Waals surface area contributed by atoms with Crippen molar-refractivity contribution in [1.82, 2.24) is 20.3 Å². The molecule has 13 nitrogen and oxygen atoms in total. The Morgan fingerprint density at radius 1 is 0.623 bits per heavy atom. The number of nitrogens with zero attached hydrogens (tertiary/aromatic N) is 4. The van der Waals surface area contributed by atoms with Gasteiger partial charge in [0.1, 0.15) is 17.2 Å². The predicted octanol–water partition coefficient (Wildman–Crippen LogP) is 7.99. The summed E-state index contributed by atoms with van der Waals surface area (Å²) < 4.78 is 30.2. The number of carbonyl (C=O) groups is 3. The van der Waals surface area contributed by atoms with Gasteiger partial charge in [-0.25, -0.2) is 4.68 Å². The SMILES string of the molecule is CCCCCCCCCNC(=O)CCC(=O)N1Cc2ccccc2-c2nnn(CCOCCOCCOCCOCCC(=O)CCCOc3ccccc3)c2-c2ccccc21. The van der Waals surface area contributed by atoms with Gasteiger partial charge in [0, 0.05) is 43.4 Å². The van der Waals surface area contributed by atoms with Crippen molar-refractivity contribution in [3.63, 3.8) is 0 Å². The number of rotatable bonds is 31. The lowest BCUT2D eigenvalue weighted by Crippen LogP contribution is -2.33. The molecule has 0 aliphatic carbocycles. The Morgan fingerprint density at radius 2 is 1.26 bits per heavy atom. The van der Waals surface area contributed by atoms with Crippen molar-refractivity contribution in [2.75, 3.05) is 70.9 Å². The van der Waals surface area contributed by atoms with E-state index in [-0.39, 0.29) is 30.4 Å². The van der Waals surface area contributed by atoms with Gasteiger partial charge >= 0.3 is 0 Å². The molecule has 330 valence electrons. The minimum atomic E-state index is -0.112. The standard InChI is InChI=1S/C48H65N5O8/c1-2-3-4-5-6-7-15-27-49-45(55)24-25-46(56)52-38-39-17-11-12-21-42(39)47-48(43-22-13-14-23-44(43)52)53(51-50-47)28-31-58-33-35-60-37-36-59-34-32-57-30-26-40(54)18-16-29-61-41-19-9-8-10-20-41/h8-14,17,19-23H,2-7,15-16,18,24-38H2,1H3,(H,49,55). The van der Waals surface area contributed by atoms with E-state index < -0.39 is 0 Å². The van der Waals surface area contributed by atoms with E-state index in [0.717, 1.165) is 52.4 Å². The van der Waals surface area contributed by atoms with Crippen molar-refractivity contribution < 1.29 is 38.1 Å². The summed E-state index contributed by atoms with van der Waals surface area (Å²) in [6.45, 7) is 7.48. The molecular formula is C48H65N5O8. The Bertz CT molecular complexity index is 1890. The number of benzene rings is 3. The van der Waals surface area contributed by atoms with E-state index in [1.54, 1.807) is 4.90 Å². The lowest BCUT2D eigenvalue weighted by molar-refractivity contribution is -0.125. The second-order valence-electron chi connectivity index (χ2n) is 15.1. The lowest BCUT2D eigenvalue weighted by atomic mass is 9.95. The highest BCUT2D eigenvalue weighted by molar-refractivity contribution is 6.01. The number of para-hydroxylation sites is 2. The van der Waals surface area contributed by atoms with Crippen molar-refractivity contribution >= 4 is 23.3 Å². The van der Waals surface area contributed by atoms with Gasteiger partial charge in [0.2, 0.25) is 11.8 Å². The first-order valence-electron chi connectivity index (χ1n) is 22.2. The van der Waals surface area contributed by atoms with Gasteiger partial charge < -0.3 is 33.9 Å². The molecule has 0 saturated carbocycles. The summed E-state index contributed by atoms with van der Waals surface area (Å²) in [7, 11) is 0. The van der Waals surface area contributed by atoms with E-state index >= 15 is 0 Å². The van der Waals surface area contributed by atoms with Crippen molar-refractivity contribution in [2.24, 2.45) is 0 Å². The molecule has 5 rings (SSSR count). The number of anilines is 1. The van der Waals surface area contributed by atoms with Crippen LogP contribution in [0.4, 0.5) is 5.69 Å². The van der Waals surface area contributed by atoms with Crippen LogP contribution in [0, 0.1) is 0 Å². The molecule has 4 aromatic rings. The van der Waals surface area contributed by atoms with Crippen LogP contribution in [0.2, 0.25) is 0 Å². The molecular weight excluding hydrogens is 775 g/mol. The first-order chi connectivity index (χ1) is 30.0. The molecule has 2 heterocycles. The summed E-state index contributed by atoms with van der Waals surface area (Å²) in [5.74, 6) is 0.774. The third-order valence-electron chi connectivity index (χ3n) is 10.5. The maximum absolute atomic E-state index is 13.9. The van der Waals surface area contributed by atoms with Gasteiger partial charge in [-0.15, -0.1) is 5.10 Å².